The summed E-state index contributed by atoms with van der Waals surface area (Å²) in [5.74, 6) is -0.314. The first-order chi connectivity index (χ1) is 6.72. The molecular weight excluding hydrogens is 184 g/mol. The van der Waals surface area contributed by atoms with Gasteiger partial charge in [0.1, 0.15) is 6.61 Å². The Morgan fingerprint density at radius 1 is 1.57 bits per heavy atom. The zero-order valence-corrected chi connectivity index (χ0v) is 8.53. The van der Waals surface area contributed by atoms with Crippen LogP contribution in [0.4, 0.5) is 0 Å². The summed E-state index contributed by atoms with van der Waals surface area (Å²) in [6.07, 6.45) is 0. The molecule has 5 nitrogen and oxygen atoms in total. The molecule has 1 fully saturated rings. The fourth-order valence-electron chi connectivity index (χ4n) is 1.54. The van der Waals surface area contributed by atoms with Crippen LogP contribution in [0.25, 0.3) is 0 Å². The first-order valence-electron chi connectivity index (χ1n) is 4.92. The highest BCUT2D eigenvalue weighted by atomic mass is 16.5. The third-order valence-corrected chi connectivity index (χ3v) is 2.19. The van der Waals surface area contributed by atoms with Crippen LogP contribution < -0.4 is 5.32 Å². The highest BCUT2D eigenvalue weighted by Gasteiger charge is 2.14. The third kappa shape index (κ3) is 4.04. The quantitative estimate of drug-likeness (QED) is 0.602. The van der Waals surface area contributed by atoms with E-state index in [0.717, 1.165) is 32.8 Å². The molecule has 1 amide bonds. The summed E-state index contributed by atoms with van der Waals surface area (Å²) in [4.78, 5) is 13.1. The number of carbonyl (C=O) groups is 1. The molecule has 0 radical (unpaired) electrons. The van der Waals surface area contributed by atoms with Gasteiger partial charge in [0.25, 0.3) is 0 Å². The SMILES string of the molecule is CC(CN1CCOCC1)NC(=O)CO. The largest absolute Gasteiger partial charge is 0.387 e. The van der Waals surface area contributed by atoms with Gasteiger partial charge < -0.3 is 15.2 Å². The third-order valence-electron chi connectivity index (χ3n) is 2.19. The lowest BCUT2D eigenvalue weighted by Gasteiger charge is -2.29. The molecular formula is C9H18N2O3. The molecule has 1 aliphatic rings. The molecule has 1 atom stereocenters. The van der Waals surface area contributed by atoms with E-state index in [1.54, 1.807) is 0 Å². The molecule has 0 spiro atoms. The molecule has 14 heavy (non-hydrogen) atoms. The number of nitrogens with zero attached hydrogens (tertiary/aromatic N) is 1. The van der Waals surface area contributed by atoms with Crippen LogP contribution in [0.3, 0.4) is 0 Å². The van der Waals surface area contributed by atoms with E-state index in [1.165, 1.54) is 0 Å². The van der Waals surface area contributed by atoms with Crippen LogP contribution in [0, 0.1) is 0 Å². The van der Waals surface area contributed by atoms with Crippen molar-refractivity contribution in [3.05, 3.63) is 0 Å². The van der Waals surface area contributed by atoms with Gasteiger partial charge in [0, 0.05) is 25.7 Å². The summed E-state index contributed by atoms with van der Waals surface area (Å²) in [7, 11) is 0. The molecule has 0 aliphatic carbocycles. The van der Waals surface area contributed by atoms with Gasteiger partial charge in [-0.15, -0.1) is 0 Å². The van der Waals surface area contributed by atoms with E-state index < -0.39 is 6.61 Å². The lowest BCUT2D eigenvalue weighted by atomic mass is 10.3. The van der Waals surface area contributed by atoms with Crippen LogP contribution in [0.5, 0.6) is 0 Å². The topological polar surface area (TPSA) is 61.8 Å². The minimum atomic E-state index is -0.437. The van der Waals surface area contributed by atoms with Crippen molar-refractivity contribution in [2.24, 2.45) is 0 Å². The Labute approximate surface area is 84.0 Å². The highest BCUT2D eigenvalue weighted by molar-refractivity contribution is 5.77. The Morgan fingerprint density at radius 2 is 2.21 bits per heavy atom. The molecule has 5 heteroatoms. The van der Waals surface area contributed by atoms with Crippen molar-refractivity contribution >= 4 is 5.91 Å². The van der Waals surface area contributed by atoms with Gasteiger partial charge in [-0.05, 0) is 6.92 Å². The standard InChI is InChI=1S/C9H18N2O3/c1-8(10-9(13)7-12)6-11-2-4-14-5-3-11/h8,12H,2-7H2,1H3,(H,10,13). The number of hydrogen-bond acceptors (Lipinski definition) is 4. The number of amides is 1. The van der Waals surface area contributed by atoms with Crippen molar-refractivity contribution in [2.45, 2.75) is 13.0 Å². The number of rotatable bonds is 4. The Morgan fingerprint density at radius 3 is 2.79 bits per heavy atom. The second-order valence-electron chi connectivity index (χ2n) is 3.54. The molecule has 1 unspecified atom stereocenters. The van der Waals surface area contributed by atoms with Crippen molar-refractivity contribution in [1.29, 1.82) is 0 Å². The average molecular weight is 202 g/mol. The molecule has 0 saturated carbocycles. The fourth-order valence-corrected chi connectivity index (χ4v) is 1.54. The van der Waals surface area contributed by atoms with Crippen molar-refractivity contribution in [3.8, 4) is 0 Å². The number of ether oxygens (including phenoxy) is 1. The number of nitrogens with one attached hydrogen (secondary N) is 1. The Hall–Kier alpha value is -0.650. The maximum atomic E-state index is 10.9. The van der Waals surface area contributed by atoms with Crippen LogP contribution in [-0.4, -0.2) is 61.4 Å². The lowest BCUT2D eigenvalue weighted by molar-refractivity contribution is -0.124. The Balaban J connectivity index is 2.18. The van der Waals surface area contributed by atoms with Crippen LogP contribution >= 0.6 is 0 Å². The highest BCUT2D eigenvalue weighted by Crippen LogP contribution is 1.98. The number of aliphatic hydroxyl groups is 1. The number of morpholine rings is 1. The second-order valence-corrected chi connectivity index (χ2v) is 3.54. The van der Waals surface area contributed by atoms with Crippen molar-refractivity contribution < 1.29 is 14.6 Å². The molecule has 0 aromatic rings. The molecule has 0 aromatic carbocycles. The van der Waals surface area contributed by atoms with Crippen molar-refractivity contribution in [2.75, 3.05) is 39.5 Å². The van der Waals surface area contributed by atoms with E-state index >= 15 is 0 Å². The molecule has 1 rings (SSSR count). The van der Waals surface area contributed by atoms with Gasteiger partial charge in [0.2, 0.25) is 5.91 Å². The monoisotopic (exact) mass is 202 g/mol. The molecule has 1 aliphatic heterocycles. The van der Waals surface area contributed by atoms with Crippen molar-refractivity contribution in [1.82, 2.24) is 10.2 Å². The van der Waals surface area contributed by atoms with Gasteiger partial charge in [0.15, 0.2) is 0 Å². The molecule has 2 N–H and O–H groups in total. The minimum Gasteiger partial charge on any atom is -0.387 e. The predicted molar refractivity (Wildman–Crippen MR) is 51.9 cm³/mol. The zero-order valence-electron chi connectivity index (χ0n) is 8.53. The molecule has 0 aromatic heterocycles. The summed E-state index contributed by atoms with van der Waals surface area (Å²) >= 11 is 0. The molecule has 82 valence electrons. The summed E-state index contributed by atoms with van der Waals surface area (Å²) in [6, 6.07) is 0.0766. The first kappa shape index (κ1) is 11.4. The summed E-state index contributed by atoms with van der Waals surface area (Å²) in [6.45, 7) is 5.67. The van der Waals surface area contributed by atoms with Crippen LogP contribution in [-0.2, 0) is 9.53 Å². The smallest absolute Gasteiger partial charge is 0.245 e. The summed E-state index contributed by atoms with van der Waals surface area (Å²) in [5.41, 5.74) is 0. The first-order valence-corrected chi connectivity index (χ1v) is 4.92. The fraction of sp³-hybridized carbons (Fsp3) is 0.889. The van der Waals surface area contributed by atoms with Gasteiger partial charge in [-0.3, -0.25) is 9.69 Å². The van der Waals surface area contributed by atoms with E-state index in [-0.39, 0.29) is 11.9 Å². The number of hydrogen-bond donors (Lipinski definition) is 2. The predicted octanol–water partition coefficient (Wildman–Crippen LogP) is -1.18. The van der Waals surface area contributed by atoms with E-state index in [2.05, 4.69) is 10.2 Å². The van der Waals surface area contributed by atoms with Crippen LogP contribution in [0.2, 0.25) is 0 Å². The molecule has 1 heterocycles. The van der Waals surface area contributed by atoms with Crippen molar-refractivity contribution in [3.63, 3.8) is 0 Å². The Bertz CT molecular complexity index is 181. The number of carbonyl (C=O) groups excluding carboxylic acids is 1. The number of aliphatic hydroxyl groups excluding tert-OH is 1. The molecule has 1 saturated heterocycles. The summed E-state index contributed by atoms with van der Waals surface area (Å²) in [5, 5.41) is 11.2. The van der Waals surface area contributed by atoms with Gasteiger partial charge in [-0.1, -0.05) is 0 Å². The summed E-state index contributed by atoms with van der Waals surface area (Å²) < 4.78 is 5.21. The Kier molecular flexibility index (Phi) is 4.86. The van der Waals surface area contributed by atoms with E-state index in [9.17, 15) is 4.79 Å². The zero-order chi connectivity index (χ0) is 10.4. The van der Waals surface area contributed by atoms with Crippen LogP contribution in [0.15, 0.2) is 0 Å². The van der Waals surface area contributed by atoms with Crippen LogP contribution in [0.1, 0.15) is 6.92 Å². The lowest BCUT2D eigenvalue weighted by Crippen LogP contribution is -2.46. The van der Waals surface area contributed by atoms with E-state index in [0.29, 0.717) is 0 Å². The van der Waals surface area contributed by atoms with E-state index in [4.69, 9.17) is 9.84 Å². The minimum absolute atomic E-state index is 0.0766. The van der Waals surface area contributed by atoms with Gasteiger partial charge in [0.05, 0.1) is 13.2 Å². The average Bonchev–Trinajstić information content (AvgIpc) is 2.19. The normalized spacial score (nSPS) is 20.4. The maximum Gasteiger partial charge on any atom is 0.245 e. The maximum absolute atomic E-state index is 10.9. The van der Waals surface area contributed by atoms with Gasteiger partial charge in [-0.25, -0.2) is 0 Å². The van der Waals surface area contributed by atoms with Gasteiger partial charge >= 0.3 is 0 Å². The van der Waals surface area contributed by atoms with Gasteiger partial charge in [-0.2, -0.15) is 0 Å². The molecule has 0 bridgehead atoms. The van der Waals surface area contributed by atoms with E-state index in [1.807, 2.05) is 6.92 Å². The second kappa shape index (κ2) is 5.95.